The molecule has 0 radical (unpaired) electrons. The van der Waals surface area contributed by atoms with Gasteiger partial charge in [0, 0.05) is 32.4 Å². The number of pyridine rings is 1. The van der Waals surface area contributed by atoms with Crippen LogP contribution in [0, 0.1) is 34.8 Å². The van der Waals surface area contributed by atoms with Crippen molar-refractivity contribution in [1.29, 1.82) is 0 Å². The first-order chi connectivity index (χ1) is 14.5. The molecule has 4 aliphatic carbocycles. The van der Waals surface area contributed by atoms with Crippen molar-refractivity contribution in [2.45, 2.75) is 38.5 Å². The minimum atomic E-state index is -0.510. The molecule has 158 valence electrons. The predicted molar refractivity (Wildman–Crippen MR) is 111 cm³/mol. The van der Waals surface area contributed by atoms with Gasteiger partial charge in [-0.05, 0) is 74.5 Å². The monoisotopic (exact) mass is 411 g/mol. The van der Waals surface area contributed by atoms with Crippen LogP contribution in [0.15, 0.2) is 24.4 Å². The van der Waals surface area contributed by atoms with E-state index in [-0.39, 0.29) is 16.3 Å². The van der Waals surface area contributed by atoms with Gasteiger partial charge < -0.3 is 9.80 Å². The molecule has 4 bridgehead atoms. The van der Waals surface area contributed by atoms with Crippen LogP contribution >= 0.6 is 0 Å². The van der Waals surface area contributed by atoms with Crippen molar-refractivity contribution in [2.24, 2.45) is 23.2 Å². The zero-order chi connectivity index (χ0) is 20.5. The average molecular weight is 411 g/mol. The Hall–Kier alpha value is -2.24. The van der Waals surface area contributed by atoms with Crippen LogP contribution in [-0.4, -0.2) is 42.0 Å². The van der Waals surface area contributed by atoms with Gasteiger partial charge in [0.2, 0.25) is 5.91 Å². The molecule has 30 heavy (non-hydrogen) atoms. The summed E-state index contributed by atoms with van der Waals surface area (Å²) in [6, 6.07) is 4.04. The molecule has 1 aliphatic heterocycles. The second-order valence-electron chi connectivity index (χ2n) is 10.1. The van der Waals surface area contributed by atoms with Crippen LogP contribution in [0.3, 0.4) is 0 Å². The third-order valence-corrected chi connectivity index (χ3v) is 8.17. The molecule has 5 aliphatic rings. The minimum Gasteiger partial charge on any atom is -0.367 e. The van der Waals surface area contributed by atoms with Crippen LogP contribution in [0.4, 0.5) is 14.5 Å². The highest BCUT2D eigenvalue weighted by atomic mass is 19.1. The second kappa shape index (κ2) is 6.63. The van der Waals surface area contributed by atoms with E-state index in [1.54, 1.807) is 6.07 Å². The Morgan fingerprint density at radius 1 is 0.900 bits per heavy atom. The van der Waals surface area contributed by atoms with Crippen LogP contribution in [0.25, 0.3) is 10.9 Å². The number of halogens is 2. The SMILES string of the molecule is O=C(N1CCN(c2ccnc3c(F)ccc(F)c23)CC1)C12CC3CC(CC(C3)C1)C2. The highest BCUT2D eigenvalue weighted by molar-refractivity contribution is 5.92. The van der Waals surface area contributed by atoms with Gasteiger partial charge in [-0.2, -0.15) is 0 Å². The van der Waals surface area contributed by atoms with Crippen molar-refractivity contribution in [3.8, 4) is 0 Å². The largest absolute Gasteiger partial charge is 0.367 e. The van der Waals surface area contributed by atoms with Gasteiger partial charge in [-0.25, -0.2) is 8.78 Å². The number of carbonyl (C=O) groups is 1. The van der Waals surface area contributed by atoms with Gasteiger partial charge in [0.25, 0.3) is 0 Å². The Bertz CT molecular complexity index is 980. The number of aromatic nitrogens is 1. The molecular weight excluding hydrogens is 384 g/mol. The molecule has 4 saturated carbocycles. The summed E-state index contributed by atoms with van der Waals surface area (Å²) < 4.78 is 28.7. The van der Waals surface area contributed by atoms with E-state index >= 15 is 0 Å². The van der Waals surface area contributed by atoms with Crippen molar-refractivity contribution >= 4 is 22.5 Å². The number of benzene rings is 1. The van der Waals surface area contributed by atoms with Gasteiger partial charge >= 0.3 is 0 Å². The fourth-order valence-corrected chi connectivity index (χ4v) is 7.30. The average Bonchev–Trinajstić information content (AvgIpc) is 2.75. The summed E-state index contributed by atoms with van der Waals surface area (Å²) in [6.45, 7) is 2.54. The van der Waals surface area contributed by atoms with Gasteiger partial charge in [0.05, 0.1) is 16.5 Å². The Morgan fingerprint density at radius 2 is 1.50 bits per heavy atom. The van der Waals surface area contributed by atoms with E-state index in [0.717, 1.165) is 49.1 Å². The molecular formula is C24H27F2N3O. The van der Waals surface area contributed by atoms with E-state index in [1.165, 1.54) is 25.5 Å². The Labute approximate surface area is 175 Å². The summed E-state index contributed by atoms with van der Waals surface area (Å²) >= 11 is 0. The van der Waals surface area contributed by atoms with E-state index < -0.39 is 11.6 Å². The van der Waals surface area contributed by atoms with Crippen molar-refractivity contribution < 1.29 is 13.6 Å². The molecule has 1 aromatic heterocycles. The quantitative estimate of drug-likeness (QED) is 0.736. The summed E-state index contributed by atoms with van der Waals surface area (Å²) in [5.41, 5.74) is 0.619. The van der Waals surface area contributed by atoms with Crippen LogP contribution in [0.1, 0.15) is 38.5 Å². The van der Waals surface area contributed by atoms with Gasteiger partial charge in [0.1, 0.15) is 17.2 Å². The van der Waals surface area contributed by atoms with E-state index in [2.05, 4.69) is 9.88 Å². The molecule has 4 nitrogen and oxygen atoms in total. The van der Waals surface area contributed by atoms with Crippen molar-refractivity contribution in [1.82, 2.24) is 9.88 Å². The molecule has 0 unspecified atom stereocenters. The summed E-state index contributed by atoms with van der Waals surface area (Å²) in [4.78, 5) is 21.7. The number of hydrogen-bond donors (Lipinski definition) is 0. The molecule has 2 aromatic rings. The normalized spacial score (nSPS) is 32.8. The number of carbonyl (C=O) groups excluding carboxylic acids is 1. The number of fused-ring (bicyclic) bond motifs is 1. The van der Waals surface area contributed by atoms with Crippen molar-refractivity contribution in [3.05, 3.63) is 36.0 Å². The van der Waals surface area contributed by atoms with E-state index in [0.29, 0.717) is 37.8 Å². The lowest BCUT2D eigenvalue weighted by Crippen LogP contribution is -2.58. The van der Waals surface area contributed by atoms with Gasteiger partial charge in [-0.1, -0.05) is 0 Å². The maximum atomic E-state index is 14.5. The molecule has 2 heterocycles. The van der Waals surface area contributed by atoms with Gasteiger partial charge in [-0.15, -0.1) is 0 Å². The molecule has 1 amide bonds. The van der Waals surface area contributed by atoms with Gasteiger partial charge in [0.15, 0.2) is 0 Å². The lowest BCUT2D eigenvalue weighted by atomic mass is 9.49. The number of hydrogen-bond acceptors (Lipinski definition) is 3. The molecule has 0 atom stereocenters. The first-order valence-electron chi connectivity index (χ1n) is 11.3. The fourth-order valence-electron chi connectivity index (χ4n) is 7.30. The maximum absolute atomic E-state index is 14.5. The molecule has 1 aromatic carbocycles. The Kier molecular flexibility index (Phi) is 4.09. The fraction of sp³-hybridized carbons (Fsp3) is 0.583. The highest BCUT2D eigenvalue weighted by Crippen LogP contribution is 2.60. The topological polar surface area (TPSA) is 36.4 Å². The zero-order valence-electron chi connectivity index (χ0n) is 17.1. The van der Waals surface area contributed by atoms with E-state index in [9.17, 15) is 13.6 Å². The number of nitrogens with zero attached hydrogens (tertiary/aromatic N) is 3. The number of amides is 1. The maximum Gasteiger partial charge on any atom is 0.228 e. The first-order valence-corrected chi connectivity index (χ1v) is 11.3. The number of anilines is 1. The second-order valence-corrected chi connectivity index (χ2v) is 10.1. The third-order valence-electron chi connectivity index (χ3n) is 8.17. The summed E-state index contributed by atoms with van der Waals surface area (Å²) in [5, 5.41) is 0.235. The highest BCUT2D eigenvalue weighted by Gasteiger charge is 2.55. The first kappa shape index (κ1) is 18.5. The number of rotatable bonds is 2. The standard InChI is InChI=1S/C24H27F2N3O/c25-18-1-2-19(26)22-21(18)20(3-4-27-22)28-5-7-29(8-6-28)23(30)24-12-15-9-16(13-24)11-17(10-15)14-24/h1-4,15-17H,5-14H2. The molecule has 1 saturated heterocycles. The van der Waals surface area contributed by atoms with Crippen LogP contribution in [0.5, 0.6) is 0 Å². The van der Waals surface area contributed by atoms with Crippen LogP contribution < -0.4 is 4.90 Å². The summed E-state index contributed by atoms with van der Waals surface area (Å²) in [5.74, 6) is 1.65. The van der Waals surface area contributed by atoms with Crippen molar-refractivity contribution in [2.75, 3.05) is 31.1 Å². The molecule has 0 N–H and O–H groups in total. The summed E-state index contributed by atoms with van der Waals surface area (Å²) in [6.07, 6.45) is 8.77. The lowest BCUT2D eigenvalue weighted by molar-refractivity contribution is -0.158. The van der Waals surface area contributed by atoms with Crippen molar-refractivity contribution in [3.63, 3.8) is 0 Å². The molecule has 7 rings (SSSR count). The Balaban J connectivity index is 1.22. The van der Waals surface area contributed by atoms with Crippen LogP contribution in [0.2, 0.25) is 0 Å². The third kappa shape index (κ3) is 2.75. The zero-order valence-corrected chi connectivity index (χ0v) is 17.1. The molecule has 5 fully saturated rings. The predicted octanol–water partition coefficient (Wildman–Crippen LogP) is 4.38. The van der Waals surface area contributed by atoms with Crippen LogP contribution in [-0.2, 0) is 4.79 Å². The molecule has 0 spiro atoms. The Morgan fingerprint density at radius 3 is 2.13 bits per heavy atom. The minimum absolute atomic E-state index is 0.0690. The smallest absolute Gasteiger partial charge is 0.228 e. The summed E-state index contributed by atoms with van der Waals surface area (Å²) in [7, 11) is 0. The van der Waals surface area contributed by atoms with E-state index in [1.807, 2.05) is 4.90 Å². The van der Waals surface area contributed by atoms with Gasteiger partial charge in [-0.3, -0.25) is 9.78 Å². The lowest BCUT2D eigenvalue weighted by Gasteiger charge is -2.57. The van der Waals surface area contributed by atoms with E-state index in [4.69, 9.17) is 0 Å². The molecule has 6 heteroatoms. The number of piperazine rings is 1.